The molecule has 0 aromatic carbocycles. The van der Waals surface area contributed by atoms with Crippen LogP contribution < -0.4 is 0 Å². The van der Waals surface area contributed by atoms with Gasteiger partial charge in [-0.05, 0) is 31.9 Å². The van der Waals surface area contributed by atoms with Crippen molar-refractivity contribution in [3.05, 3.63) is 41.4 Å². The molecule has 25 heavy (non-hydrogen) atoms. The third-order valence-electron chi connectivity index (χ3n) is 4.17. The molecule has 1 aliphatic heterocycles. The highest BCUT2D eigenvalue weighted by atomic mass is 32.2. The molecule has 3 rings (SSSR count). The monoisotopic (exact) mass is 361 g/mol. The van der Waals surface area contributed by atoms with E-state index in [9.17, 15) is 9.59 Å². The molecule has 0 saturated carbocycles. The molecule has 0 unspecified atom stereocenters. The van der Waals surface area contributed by atoms with Crippen molar-refractivity contribution < 1.29 is 19.2 Å². The Kier molecular flexibility index (Phi) is 5.37. The molecule has 0 bridgehead atoms. The number of carboxylic acid groups (broad SMARTS) is 1. The average molecular weight is 361 g/mol. The molecule has 132 valence electrons. The van der Waals surface area contributed by atoms with Crippen molar-refractivity contribution in [2.75, 3.05) is 13.1 Å². The van der Waals surface area contributed by atoms with Crippen molar-refractivity contribution in [1.29, 1.82) is 0 Å². The number of hydrogen-bond acceptors (Lipinski definition) is 6. The third kappa shape index (κ3) is 4.19. The number of hydrogen-bond donors (Lipinski definition) is 1. The fourth-order valence-electron chi connectivity index (χ4n) is 2.80. The first kappa shape index (κ1) is 17.5. The smallest absolute Gasteiger partial charge is 0.306 e. The van der Waals surface area contributed by atoms with Crippen LogP contribution in [-0.2, 0) is 10.5 Å². The highest BCUT2D eigenvalue weighted by Crippen LogP contribution is 2.26. The molecule has 2 aromatic rings. The van der Waals surface area contributed by atoms with Crippen LogP contribution in [0, 0.1) is 12.8 Å². The first-order valence-corrected chi connectivity index (χ1v) is 9.05. The number of nitrogens with zero attached hydrogens (tertiary/aromatic N) is 3. The molecule has 1 saturated heterocycles. The van der Waals surface area contributed by atoms with Crippen molar-refractivity contribution in [3.8, 4) is 0 Å². The molecular weight excluding hydrogens is 342 g/mol. The van der Waals surface area contributed by atoms with Crippen molar-refractivity contribution in [1.82, 2.24) is 15.0 Å². The number of aromatic nitrogens is 2. The van der Waals surface area contributed by atoms with Crippen LogP contribution in [0.15, 0.2) is 33.9 Å². The lowest BCUT2D eigenvalue weighted by molar-refractivity contribution is -0.143. The van der Waals surface area contributed by atoms with Gasteiger partial charge in [-0.1, -0.05) is 16.9 Å². The van der Waals surface area contributed by atoms with Gasteiger partial charge in [0, 0.05) is 31.1 Å². The van der Waals surface area contributed by atoms with Crippen LogP contribution in [0.4, 0.5) is 0 Å². The zero-order valence-electron chi connectivity index (χ0n) is 13.8. The summed E-state index contributed by atoms with van der Waals surface area (Å²) in [5.74, 6) is 0.0650. The van der Waals surface area contributed by atoms with Crippen molar-refractivity contribution in [2.45, 2.75) is 30.5 Å². The second-order valence-corrected chi connectivity index (χ2v) is 6.94. The van der Waals surface area contributed by atoms with Gasteiger partial charge in [-0.3, -0.25) is 9.59 Å². The Hall–Kier alpha value is -2.35. The highest BCUT2D eigenvalue weighted by Gasteiger charge is 2.28. The summed E-state index contributed by atoms with van der Waals surface area (Å²) in [5, 5.41) is 13.7. The lowest BCUT2D eigenvalue weighted by Gasteiger charge is -2.30. The maximum Gasteiger partial charge on any atom is 0.306 e. The van der Waals surface area contributed by atoms with E-state index in [2.05, 4.69) is 10.1 Å². The maximum absolute atomic E-state index is 12.8. The topological polar surface area (TPSA) is 96.5 Å². The zero-order valence-corrected chi connectivity index (χ0v) is 14.7. The predicted molar refractivity (Wildman–Crippen MR) is 91.3 cm³/mol. The Morgan fingerprint density at radius 3 is 2.80 bits per heavy atom. The number of likely N-dealkylation sites (tertiary alicyclic amines) is 1. The molecule has 1 N–H and O–H groups in total. The lowest BCUT2D eigenvalue weighted by atomic mass is 9.97. The number of aliphatic carboxylic acids is 1. The largest absolute Gasteiger partial charge is 0.481 e. The van der Waals surface area contributed by atoms with Gasteiger partial charge >= 0.3 is 5.97 Å². The molecule has 1 amide bonds. The number of piperidine rings is 1. The fourth-order valence-corrected chi connectivity index (χ4v) is 3.66. The van der Waals surface area contributed by atoms with E-state index in [1.54, 1.807) is 23.2 Å². The average Bonchev–Trinajstić information content (AvgIpc) is 3.05. The van der Waals surface area contributed by atoms with Crippen LogP contribution >= 0.6 is 11.8 Å². The van der Waals surface area contributed by atoms with Crippen molar-refractivity contribution in [3.63, 3.8) is 0 Å². The van der Waals surface area contributed by atoms with Crippen LogP contribution in [-0.4, -0.2) is 45.1 Å². The SMILES string of the molecule is Cc1cc(CSc2ncccc2C(=O)N2CCC(C(=O)O)CC2)no1. The van der Waals surface area contributed by atoms with Crippen LogP contribution in [0.5, 0.6) is 0 Å². The molecule has 0 aliphatic carbocycles. The highest BCUT2D eigenvalue weighted by molar-refractivity contribution is 7.98. The Morgan fingerprint density at radius 1 is 1.40 bits per heavy atom. The van der Waals surface area contributed by atoms with Gasteiger partial charge in [0.2, 0.25) is 0 Å². The first-order chi connectivity index (χ1) is 12.0. The molecule has 0 spiro atoms. The number of rotatable bonds is 5. The van der Waals surface area contributed by atoms with E-state index in [4.69, 9.17) is 9.63 Å². The Labute approximate surface area is 149 Å². The van der Waals surface area contributed by atoms with Gasteiger partial charge in [-0.15, -0.1) is 0 Å². The third-order valence-corrected chi connectivity index (χ3v) is 5.21. The number of thioether (sulfide) groups is 1. The predicted octanol–water partition coefficient (Wildman–Crippen LogP) is 2.61. The maximum atomic E-state index is 12.8. The molecular formula is C17H19N3O4S. The summed E-state index contributed by atoms with van der Waals surface area (Å²) in [6.07, 6.45) is 2.63. The number of amides is 1. The normalized spacial score (nSPS) is 15.3. The standard InChI is InChI=1S/C17H19N3O4S/c1-11-9-13(19-24-11)10-25-15-14(3-2-6-18-15)16(21)20-7-4-12(5-8-20)17(22)23/h2-3,6,9,12H,4-5,7-8,10H2,1H3,(H,22,23). The van der Waals surface area contributed by atoms with Crippen LogP contribution in [0.2, 0.25) is 0 Å². The van der Waals surface area contributed by atoms with Gasteiger partial charge in [-0.2, -0.15) is 0 Å². The van der Waals surface area contributed by atoms with E-state index in [0.717, 1.165) is 11.5 Å². The number of carboxylic acids is 1. The quantitative estimate of drug-likeness (QED) is 0.818. The van der Waals surface area contributed by atoms with E-state index in [1.807, 2.05) is 13.0 Å². The molecule has 0 atom stereocenters. The van der Waals surface area contributed by atoms with Crippen LogP contribution in [0.1, 0.15) is 34.7 Å². The van der Waals surface area contributed by atoms with Gasteiger partial charge in [0.05, 0.1) is 17.2 Å². The number of carbonyl (C=O) groups is 2. The molecule has 8 heteroatoms. The second kappa shape index (κ2) is 7.69. The Balaban J connectivity index is 1.67. The lowest BCUT2D eigenvalue weighted by Crippen LogP contribution is -2.40. The van der Waals surface area contributed by atoms with Crippen molar-refractivity contribution in [2.24, 2.45) is 5.92 Å². The van der Waals surface area contributed by atoms with Gasteiger partial charge in [0.1, 0.15) is 10.8 Å². The summed E-state index contributed by atoms with van der Waals surface area (Å²) in [4.78, 5) is 29.9. The summed E-state index contributed by atoms with van der Waals surface area (Å²) in [5.41, 5.74) is 1.34. The summed E-state index contributed by atoms with van der Waals surface area (Å²) in [6, 6.07) is 5.35. The fraction of sp³-hybridized carbons (Fsp3) is 0.412. The van der Waals surface area contributed by atoms with Gasteiger partial charge in [0.25, 0.3) is 5.91 Å². The molecule has 2 aromatic heterocycles. The minimum Gasteiger partial charge on any atom is -0.481 e. The number of carbonyl (C=O) groups excluding carboxylic acids is 1. The molecule has 1 fully saturated rings. The summed E-state index contributed by atoms with van der Waals surface area (Å²) in [7, 11) is 0. The van der Waals surface area contributed by atoms with E-state index >= 15 is 0 Å². The van der Waals surface area contributed by atoms with Crippen LogP contribution in [0.25, 0.3) is 0 Å². The van der Waals surface area contributed by atoms with Gasteiger partial charge < -0.3 is 14.5 Å². The number of aryl methyl sites for hydroxylation is 1. The minimum atomic E-state index is -0.785. The van der Waals surface area contributed by atoms with E-state index in [-0.39, 0.29) is 11.8 Å². The Bertz CT molecular complexity index is 769. The first-order valence-electron chi connectivity index (χ1n) is 8.06. The zero-order chi connectivity index (χ0) is 17.8. The molecule has 0 radical (unpaired) electrons. The van der Waals surface area contributed by atoms with E-state index in [0.29, 0.717) is 42.3 Å². The molecule has 7 nitrogen and oxygen atoms in total. The summed E-state index contributed by atoms with van der Waals surface area (Å²) >= 11 is 1.44. The van der Waals surface area contributed by atoms with E-state index in [1.165, 1.54) is 11.8 Å². The summed E-state index contributed by atoms with van der Waals surface area (Å²) < 4.78 is 5.05. The number of pyridine rings is 1. The minimum absolute atomic E-state index is 0.101. The molecule has 1 aliphatic rings. The van der Waals surface area contributed by atoms with E-state index < -0.39 is 5.97 Å². The molecule has 3 heterocycles. The van der Waals surface area contributed by atoms with Gasteiger partial charge in [-0.25, -0.2) is 4.98 Å². The Morgan fingerprint density at radius 2 is 2.16 bits per heavy atom. The van der Waals surface area contributed by atoms with Crippen LogP contribution in [0.3, 0.4) is 0 Å². The van der Waals surface area contributed by atoms with Gasteiger partial charge in [0.15, 0.2) is 0 Å². The van der Waals surface area contributed by atoms with Crippen molar-refractivity contribution >= 4 is 23.6 Å². The second-order valence-electron chi connectivity index (χ2n) is 5.98. The summed E-state index contributed by atoms with van der Waals surface area (Å²) in [6.45, 7) is 2.74.